The maximum Gasteiger partial charge on any atom is 0.233 e. The van der Waals surface area contributed by atoms with Crippen molar-refractivity contribution in [3.05, 3.63) is 52.2 Å². The van der Waals surface area contributed by atoms with Gasteiger partial charge in [0, 0.05) is 6.07 Å². The van der Waals surface area contributed by atoms with Crippen molar-refractivity contribution in [1.29, 1.82) is 0 Å². The Hall–Kier alpha value is -1.94. The van der Waals surface area contributed by atoms with Crippen LogP contribution in [0.3, 0.4) is 0 Å². The molecule has 4 heteroatoms. The number of aryl methyl sites for hydroxylation is 3. The highest BCUT2D eigenvalue weighted by Gasteiger charge is 2.15. The van der Waals surface area contributed by atoms with E-state index in [1.807, 2.05) is 19.2 Å². The Bertz CT molecular complexity index is 585. The van der Waals surface area contributed by atoms with Gasteiger partial charge in [0.25, 0.3) is 0 Å². The Balaban J connectivity index is 2.26. The molecule has 0 aliphatic rings. The largest absolute Gasteiger partial charge is 0.480 e. The third kappa shape index (κ3) is 3.58. The number of hydrogen-bond acceptors (Lipinski definition) is 4. The van der Waals surface area contributed by atoms with Crippen LogP contribution in [0, 0.1) is 20.8 Å². The third-order valence-corrected chi connectivity index (χ3v) is 3.82. The van der Waals surface area contributed by atoms with Gasteiger partial charge in [-0.25, -0.2) is 0 Å². The fourth-order valence-corrected chi connectivity index (χ4v) is 2.72. The van der Waals surface area contributed by atoms with Gasteiger partial charge in [-0.1, -0.05) is 17.7 Å². The van der Waals surface area contributed by atoms with Crippen LogP contribution in [0.1, 0.15) is 34.0 Å². The molecule has 0 bridgehead atoms. The highest BCUT2D eigenvalue weighted by molar-refractivity contribution is 5.38. The summed E-state index contributed by atoms with van der Waals surface area (Å²) in [7, 11) is 3.55. The number of benzene rings is 1. The normalized spacial score (nSPS) is 12.2. The molecule has 4 nitrogen and oxygen atoms in total. The van der Waals surface area contributed by atoms with Crippen LogP contribution in [0.5, 0.6) is 5.88 Å². The van der Waals surface area contributed by atoms with Crippen molar-refractivity contribution in [1.82, 2.24) is 15.5 Å². The van der Waals surface area contributed by atoms with E-state index in [4.69, 9.17) is 4.74 Å². The Morgan fingerprint density at radius 1 is 1.10 bits per heavy atom. The van der Waals surface area contributed by atoms with Gasteiger partial charge in [0.05, 0.1) is 18.8 Å². The molecule has 2 aromatic rings. The molecule has 0 aliphatic heterocycles. The number of aromatic nitrogens is 2. The van der Waals surface area contributed by atoms with Crippen LogP contribution in [-0.2, 0) is 6.42 Å². The van der Waals surface area contributed by atoms with E-state index >= 15 is 0 Å². The summed E-state index contributed by atoms with van der Waals surface area (Å²) in [6.45, 7) is 6.47. The topological polar surface area (TPSA) is 47.0 Å². The summed E-state index contributed by atoms with van der Waals surface area (Å²) in [6.07, 6.45) is 0.898. The molecule has 112 valence electrons. The maximum absolute atomic E-state index is 5.06. The lowest BCUT2D eigenvalue weighted by molar-refractivity contribution is 0.389. The number of methoxy groups -OCH3 is 1. The molecule has 0 spiro atoms. The summed E-state index contributed by atoms with van der Waals surface area (Å²) in [5.74, 6) is 0.538. The number of likely N-dealkylation sites (N-methyl/N-ethyl adjacent to an activating group) is 1. The van der Waals surface area contributed by atoms with Crippen LogP contribution in [0.4, 0.5) is 0 Å². The molecule has 0 aliphatic carbocycles. The van der Waals surface area contributed by atoms with Crippen LogP contribution >= 0.6 is 0 Å². The van der Waals surface area contributed by atoms with Gasteiger partial charge in [-0.2, -0.15) is 5.10 Å². The average Bonchev–Trinajstić information content (AvgIpc) is 2.47. The Morgan fingerprint density at radius 3 is 2.24 bits per heavy atom. The summed E-state index contributed by atoms with van der Waals surface area (Å²) >= 11 is 0. The van der Waals surface area contributed by atoms with Crippen molar-refractivity contribution < 1.29 is 4.74 Å². The minimum absolute atomic E-state index is 0.142. The molecule has 1 aromatic heterocycles. The summed E-state index contributed by atoms with van der Waals surface area (Å²) in [4.78, 5) is 0. The average molecular weight is 285 g/mol. The van der Waals surface area contributed by atoms with Gasteiger partial charge in [-0.05, 0) is 57.0 Å². The molecule has 0 saturated carbocycles. The fraction of sp³-hybridized carbons (Fsp3) is 0.412. The van der Waals surface area contributed by atoms with Crippen molar-refractivity contribution >= 4 is 0 Å². The molecule has 2 rings (SSSR count). The van der Waals surface area contributed by atoms with E-state index < -0.39 is 0 Å². The molecule has 1 unspecified atom stereocenters. The van der Waals surface area contributed by atoms with E-state index in [1.165, 1.54) is 22.3 Å². The fourth-order valence-electron chi connectivity index (χ4n) is 2.72. The first kappa shape index (κ1) is 15.4. The lowest BCUT2D eigenvalue weighted by atomic mass is 9.93. The van der Waals surface area contributed by atoms with Gasteiger partial charge >= 0.3 is 0 Å². The number of hydrogen-bond donors (Lipinski definition) is 1. The number of rotatable bonds is 5. The molecule has 0 radical (unpaired) electrons. The lowest BCUT2D eigenvalue weighted by Crippen LogP contribution is -2.21. The smallest absolute Gasteiger partial charge is 0.233 e. The third-order valence-electron chi connectivity index (χ3n) is 3.82. The first-order valence-electron chi connectivity index (χ1n) is 7.16. The molecule has 1 heterocycles. The monoisotopic (exact) mass is 285 g/mol. The van der Waals surface area contributed by atoms with Crippen LogP contribution < -0.4 is 10.1 Å². The maximum atomic E-state index is 5.06. The number of nitrogens with zero attached hydrogens (tertiary/aromatic N) is 2. The SMILES string of the molecule is CNC(Cc1c(C)cc(C)cc1C)c1ccc(OC)nn1. The second kappa shape index (κ2) is 6.68. The van der Waals surface area contributed by atoms with Gasteiger partial charge in [0.15, 0.2) is 0 Å². The molecule has 21 heavy (non-hydrogen) atoms. The summed E-state index contributed by atoms with van der Waals surface area (Å²) < 4.78 is 5.06. The predicted molar refractivity (Wildman–Crippen MR) is 84.7 cm³/mol. The van der Waals surface area contributed by atoms with E-state index in [0.717, 1.165) is 12.1 Å². The van der Waals surface area contributed by atoms with Crippen molar-refractivity contribution in [3.8, 4) is 5.88 Å². The van der Waals surface area contributed by atoms with Gasteiger partial charge in [-0.3, -0.25) is 0 Å². The van der Waals surface area contributed by atoms with Crippen LogP contribution in [0.2, 0.25) is 0 Å². The Kier molecular flexibility index (Phi) is 4.91. The van der Waals surface area contributed by atoms with Crippen molar-refractivity contribution in [2.45, 2.75) is 33.2 Å². The summed E-state index contributed by atoms with van der Waals surface area (Å²) in [6, 6.07) is 8.42. The highest BCUT2D eigenvalue weighted by Crippen LogP contribution is 2.23. The summed E-state index contributed by atoms with van der Waals surface area (Å²) in [5.41, 5.74) is 6.26. The minimum atomic E-state index is 0.142. The lowest BCUT2D eigenvalue weighted by Gasteiger charge is -2.19. The number of ether oxygens (including phenoxy) is 1. The molecule has 1 atom stereocenters. The summed E-state index contributed by atoms with van der Waals surface area (Å²) in [5, 5.41) is 11.6. The van der Waals surface area contributed by atoms with Crippen molar-refractivity contribution in [3.63, 3.8) is 0 Å². The van der Waals surface area contributed by atoms with E-state index in [0.29, 0.717) is 5.88 Å². The molecule has 0 amide bonds. The van der Waals surface area contributed by atoms with Gasteiger partial charge in [0.1, 0.15) is 0 Å². The van der Waals surface area contributed by atoms with E-state index in [1.54, 1.807) is 7.11 Å². The van der Waals surface area contributed by atoms with Crippen molar-refractivity contribution in [2.75, 3.05) is 14.2 Å². The Labute approximate surface area is 126 Å². The standard InChI is InChI=1S/C17H23N3O/c1-11-8-12(2)14(13(3)9-11)10-16(18-4)15-6-7-17(21-5)20-19-15/h6-9,16,18H,10H2,1-5H3. The highest BCUT2D eigenvalue weighted by atomic mass is 16.5. The first-order valence-corrected chi connectivity index (χ1v) is 7.16. The van der Waals surface area contributed by atoms with Crippen LogP contribution in [0.15, 0.2) is 24.3 Å². The minimum Gasteiger partial charge on any atom is -0.480 e. The molecular formula is C17H23N3O. The molecule has 0 saturated heterocycles. The second-order valence-corrected chi connectivity index (χ2v) is 5.42. The van der Waals surface area contributed by atoms with Crippen LogP contribution in [0.25, 0.3) is 0 Å². The molecule has 1 aromatic carbocycles. The molecule has 0 fully saturated rings. The zero-order chi connectivity index (χ0) is 15.4. The van der Waals surface area contributed by atoms with E-state index in [9.17, 15) is 0 Å². The zero-order valence-electron chi connectivity index (χ0n) is 13.4. The zero-order valence-corrected chi connectivity index (χ0v) is 13.4. The quantitative estimate of drug-likeness (QED) is 0.917. The van der Waals surface area contributed by atoms with E-state index in [2.05, 4.69) is 48.4 Å². The second-order valence-electron chi connectivity index (χ2n) is 5.42. The van der Waals surface area contributed by atoms with Gasteiger partial charge in [0.2, 0.25) is 5.88 Å². The van der Waals surface area contributed by atoms with Gasteiger partial charge < -0.3 is 10.1 Å². The van der Waals surface area contributed by atoms with E-state index in [-0.39, 0.29) is 6.04 Å². The molecule has 1 N–H and O–H groups in total. The predicted octanol–water partition coefficient (Wildman–Crippen LogP) is 2.91. The first-order chi connectivity index (χ1) is 10.0. The number of nitrogens with one attached hydrogen (secondary N) is 1. The van der Waals surface area contributed by atoms with Crippen LogP contribution in [-0.4, -0.2) is 24.4 Å². The van der Waals surface area contributed by atoms with Crippen molar-refractivity contribution in [2.24, 2.45) is 0 Å². The Morgan fingerprint density at radius 2 is 1.76 bits per heavy atom. The van der Waals surface area contributed by atoms with Gasteiger partial charge in [-0.15, -0.1) is 5.10 Å². The molecular weight excluding hydrogens is 262 g/mol.